The third kappa shape index (κ3) is 2.83. The first kappa shape index (κ1) is 11.6. The lowest BCUT2D eigenvalue weighted by Crippen LogP contribution is -2.29. The van der Waals surface area contributed by atoms with Crippen molar-refractivity contribution in [2.75, 3.05) is 19.7 Å². The minimum atomic E-state index is 0.203. The van der Waals surface area contributed by atoms with Crippen LogP contribution in [-0.2, 0) is 11.2 Å². The van der Waals surface area contributed by atoms with Crippen molar-refractivity contribution in [2.24, 2.45) is 5.92 Å². The number of hydrogen-bond acceptors (Lipinski definition) is 3. The summed E-state index contributed by atoms with van der Waals surface area (Å²) in [5.41, 5.74) is 0. The van der Waals surface area contributed by atoms with Gasteiger partial charge in [-0.15, -0.1) is 11.3 Å². The Balaban J connectivity index is 1.76. The van der Waals surface area contributed by atoms with Crippen molar-refractivity contribution >= 4 is 17.2 Å². The third-order valence-corrected chi connectivity index (χ3v) is 4.00. The third-order valence-electron chi connectivity index (χ3n) is 3.06. The van der Waals surface area contributed by atoms with Crippen LogP contribution in [0.15, 0.2) is 17.5 Å². The maximum absolute atomic E-state index is 11.9. The van der Waals surface area contributed by atoms with Gasteiger partial charge in [0.05, 0.1) is 0 Å². The van der Waals surface area contributed by atoms with E-state index in [1.54, 1.807) is 11.3 Å². The van der Waals surface area contributed by atoms with Gasteiger partial charge in [-0.3, -0.25) is 4.79 Å². The molecule has 0 aliphatic carbocycles. The monoisotopic (exact) mass is 239 g/mol. The normalized spacial score (nSPS) is 20.3. The maximum atomic E-state index is 11.9. The average Bonchev–Trinajstić information content (AvgIpc) is 2.96. The fourth-order valence-corrected chi connectivity index (χ4v) is 2.76. The molecule has 1 aromatic rings. The summed E-state index contributed by atoms with van der Waals surface area (Å²) in [5.74, 6) is 0.523. The summed E-state index contributed by atoms with van der Waals surface area (Å²) in [6.45, 7) is 1.75. The molecule has 1 aliphatic rings. The predicted molar refractivity (Wildman–Crippen MR) is 64.4 cm³/mol. The summed E-state index contributed by atoms with van der Waals surface area (Å²) in [4.78, 5) is 15.0. The molecule has 1 saturated heterocycles. The van der Waals surface area contributed by atoms with E-state index in [1.807, 2.05) is 16.3 Å². The van der Waals surface area contributed by atoms with E-state index in [0.717, 1.165) is 25.9 Å². The van der Waals surface area contributed by atoms with Gasteiger partial charge in [0, 0.05) is 36.9 Å². The summed E-state index contributed by atoms with van der Waals surface area (Å²) >= 11 is 1.70. The molecule has 1 atom stereocenters. The van der Waals surface area contributed by atoms with Crippen molar-refractivity contribution in [1.82, 2.24) is 4.90 Å². The molecule has 4 heteroatoms. The molecule has 1 fully saturated rings. The molecule has 0 radical (unpaired) electrons. The maximum Gasteiger partial charge on any atom is 0.222 e. The van der Waals surface area contributed by atoms with Crippen molar-refractivity contribution in [3.8, 4) is 0 Å². The number of rotatable bonds is 4. The molecule has 1 amide bonds. The van der Waals surface area contributed by atoms with Gasteiger partial charge in [0.2, 0.25) is 5.91 Å². The highest BCUT2D eigenvalue weighted by atomic mass is 32.1. The lowest BCUT2D eigenvalue weighted by molar-refractivity contribution is -0.130. The van der Waals surface area contributed by atoms with Gasteiger partial charge in [0.1, 0.15) is 0 Å². The van der Waals surface area contributed by atoms with Crippen LogP contribution in [-0.4, -0.2) is 35.6 Å². The smallest absolute Gasteiger partial charge is 0.222 e. The van der Waals surface area contributed by atoms with Gasteiger partial charge in [-0.05, 0) is 24.3 Å². The Morgan fingerprint density at radius 1 is 1.62 bits per heavy atom. The van der Waals surface area contributed by atoms with E-state index >= 15 is 0 Å². The molecule has 0 saturated carbocycles. The van der Waals surface area contributed by atoms with Gasteiger partial charge < -0.3 is 10.0 Å². The first-order valence-electron chi connectivity index (χ1n) is 5.70. The molecule has 0 aromatic carbocycles. The van der Waals surface area contributed by atoms with Crippen molar-refractivity contribution in [3.05, 3.63) is 22.4 Å². The minimum Gasteiger partial charge on any atom is -0.396 e. The average molecular weight is 239 g/mol. The molecule has 1 aromatic heterocycles. The fourth-order valence-electron chi connectivity index (χ4n) is 2.05. The van der Waals surface area contributed by atoms with Crippen LogP contribution in [0.5, 0.6) is 0 Å². The molecule has 2 rings (SSSR count). The Hall–Kier alpha value is -0.870. The number of carbonyl (C=O) groups excluding carboxylic acids is 1. The van der Waals surface area contributed by atoms with Gasteiger partial charge >= 0.3 is 0 Å². The molecule has 2 heterocycles. The number of aliphatic hydroxyl groups is 1. The number of thiophene rings is 1. The molecule has 1 unspecified atom stereocenters. The first-order valence-corrected chi connectivity index (χ1v) is 6.58. The van der Waals surface area contributed by atoms with Gasteiger partial charge in [-0.25, -0.2) is 0 Å². The predicted octanol–water partition coefficient (Wildman–Crippen LogP) is 1.52. The number of amides is 1. The Bertz CT molecular complexity index is 337. The van der Waals surface area contributed by atoms with Gasteiger partial charge in [-0.2, -0.15) is 0 Å². The van der Waals surface area contributed by atoms with Crippen molar-refractivity contribution < 1.29 is 9.90 Å². The van der Waals surface area contributed by atoms with Gasteiger partial charge in [0.15, 0.2) is 0 Å². The summed E-state index contributed by atoms with van der Waals surface area (Å²) in [6, 6.07) is 4.08. The molecule has 0 spiro atoms. The molecule has 1 aliphatic heterocycles. The Kier molecular flexibility index (Phi) is 3.96. The molecular formula is C12H17NO2S. The Labute approximate surface area is 99.7 Å². The summed E-state index contributed by atoms with van der Waals surface area (Å²) < 4.78 is 0. The van der Waals surface area contributed by atoms with E-state index in [9.17, 15) is 4.79 Å². The molecule has 1 N–H and O–H groups in total. The second-order valence-corrected chi connectivity index (χ2v) is 5.29. The van der Waals surface area contributed by atoms with Crippen molar-refractivity contribution in [1.29, 1.82) is 0 Å². The number of carbonyl (C=O) groups is 1. The summed E-state index contributed by atoms with van der Waals surface area (Å²) in [6.07, 6.45) is 2.39. The second-order valence-electron chi connectivity index (χ2n) is 4.26. The summed E-state index contributed by atoms with van der Waals surface area (Å²) in [7, 11) is 0. The van der Waals surface area contributed by atoms with Crippen LogP contribution in [0.1, 0.15) is 17.7 Å². The lowest BCUT2D eigenvalue weighted by atomic mass is 10.1. The second kappa shape index (κ2) is 5.46. The highest BCUT2D eigenvalue weighted by Gasteiger charge is 2.25. The Morgan fingerprint density at radius 3 is 3.12 bits per heavy atom. The van der Waals surface area contributed by atoms with Gasteiger partial charge in [-0.1, -0.05) is 6.07 Å². The van der Waals surface area contributed by atoms with E-state index < -0.39 is 0 Å². The van der Waals surface area contributed by atoms with Crippen LogP contribution < -0.4 is 0 Å². The standard InChI is InChI=1S/C12H17NO2S/c14-9-10-5-6-13(8-10)12(15)4-3-11-2-1-7-16-11/h1-2,7,10,14H,3-6,8-9H2. The highest BCUT2D eigenvalue weighted by Crippen LogP contribution is 2.18. The zero-order valence-corrected chi connectivity index (χ0v) is 10.1. The van der Waals surface area contributed by atoms with Crippen LogP contribution in [0.4, 0.5) is 0 Å². The topological polar surface area (TPSA) is 40.5 Å². The zero-order chi connectivity index (χ0) is 11.4. The molecular weight excluding hydrogens is 222 g/mol. The number of aliphatic hydroxyl groups excluding tert-OH is 1. The van der Waals surface area contributed by atoms with E-state index in [2.05, 4.69) is 6.07 Å². The molecule has 0 bridgehead atoms. The number of hydrogen-bond donors (Lipinski definition) is 1. The van der Waals surface area contributed by atoms with E-state index in [1.165, 1.54) is 4.88 Å². The Morgan fingerprint density at radius 2 is 2.50 bits per heavy atom. The van der Waals surface area contributed by atoms with Crippen molar-refractivity contribution in [2.45, 2.75) is 19.3 Å². The zero-order valence-electron chi connectivity index (χ0n) is 9.26. The van der Waals surface area contributed by atoms with Crippen molar-refractivity contribution in [3.63, 3.8) is 0 Å². The summed E-state index contributed by atoms with van der Waals surface area (Å²) in [5, 5.41) is 11.0. The van der Waals surface area contributed by atoms with E-state index in [0.29, 0.717) is 12.3 Å². The molecule has 16 heavy (non-hydrogen) atoms. The SMILES string of the molecule is O=C(CCc1cccs1)N1CCC(CO)C1. The first-order chi connectivity index (χ1) is 7.79. The quantitative estimate of drug-likeness (QED) is 0.865. The van der Waals surface area contributed by atoms with E-state index in [4.69, 9.17) is 5.11 Å². The minimum absolute atomic E-state index is 0.203. The van der Waals surface area contributed by atoms with E-state index in [-0.39, 0.29) is 12.5 Å². The van der Waals surface area contributed by atoms with Crippen LogP contribution in [0.25, 0.3) is 0 Å². The fraction of sp³-hybridized carbons (Fsp3) is 0.583. The highest BCUT2D eigenvalue weighted by molar-refractivity contribution is 7.09. The van der Waals surface area contributed by atoms with Gasteiger partial charge in [0.25, 0.3) is 0 Å². The van der Waals surface area contributed by atoms with Crippen LogP contribution in [0.3, 0.4) is 0 Å². The van der Waals surface area contributed by atoms with Crippen LogP contribution >= 0.6 is 11.3 Å². The molecule has 88 valence electrons. The van der Waals surface area contributed by atoms with Crippen LogP contribution in [0, 0.1) is 5.92 Å². The lowest BCUT2D eigenvalue weighted by Gasteiger charge is -2.15. The number of nitrogens with zero attached hydrogens (tertiary/aromatic N) is 1. The number of aryl methyl sites for hydroxylation is 1. The van der Waals surface area contributed by atoms with Crippen LogP contribution in [0.2, 0.25) is 0 Å². The largest absolute Gasteiger partial charge is 0.396 e. The molecule has 3 nitrogen and oxygen atoms in total. The number of likely N-dealkylation sites (tertiary alicyclic amines) is 1.